The lowest BCUT2D eigenvalue weighted by molar-refractivity contribution is -0.131. The first-order valence-electron chi connectivity index (χ1n) is 5.39. The summed E-state index contributed by atoms with van der Waals surface area (Å²) >= 11 is 0. The molecule has 0 aliphatic heterocycles. The zero-order chi connectivity index (χ0) is 9.97. The highest BCUT2D eigenvalue weighted by atomic mass is 16.4. The van der Waals surface area contributed by atoms with Gasteiger partial charge in [-0.2, -0.15) is 0 Å². The summed E-state index contributed by atoms with van der Waals surface area (Å²) in [5.41, 5.74) is 0. The van der Waals surface area contributed by atoms with Crippen molar-refractivity contribution in [3.05, 3.63) is 12.2 Å². The van der Waals surface area contributed by atoms with Gasteiger partial charge in [0, 0.05) is 25.2 Å². The van der Waals surface area contributed by atoms with Gasteiger partial charge in [0.05, 0.1) is 0 Å². The number of hydrogen-bond donors (Lipinski definition) is 1. The number of nitrogens with zero attached hydrogens (tertiary/aromatic N) is 1. The number of aliphatic carboxylic acids is 1. The molecule has 2 rings (SSSR count). The van der Waals surface area contributed by atoms with Crippen LogP contribution in [0.3, 0.4) is 0 Å². The smallest absolute Gasteiger partial charge is 0.328 e. The van der Waals surface area contributed by atoms with Crippen LogP contribution in [0, 0.1) is 5.92 Å². The first-order valence-corrected chi connectivity index (χ1v) is 5.39. The molecule has 0 radical (unpaired) electrons. The Morgan fingerprint density at radius 3 is 2.57 bits per heavy atom. The number of rotatable bonds is 6. The second-order valence-electron chi connectivity index (χ2n) is 4.37. The summed E-state index contributed by atoms with van der Waals surface area (Å²) in [6.07, 6.45) is 8.35. The maximum absolute atomic E-state index is 10.3. The lowest BCUT2D eigenvalue weighted by atomic mass is 10.3. The van der Waals surface area contributed by atoms with Crippen molar-refractivity contribution in [3.8, 4) is 0 Å². The summed E-state index contributed by atoms with van der Waals surface area (Å²) in [4.78, 5) is 12.7. The largest absolute Gasteiger partial charge is 0.478 e. The van der Waals surface area contributed by atoms with Crippen molar-refractivity contribution in [3.63, 3.8) is 0 Å². The van der Waals surface area contributed by atoms with Gasteiger partial charge in [-0.3, -0.25) is 4.90 Å². The molecule has 0 atom stereocenters. The van der Waals surface area contributed by atoms with E-state index in [9.17, 15) is 4.79 Å². The van der Waals surface area contributed by atoms with Crippen molar-refractivity contribution >= 4 is 5.97 Å². The van der Waals surface area contributed by atoms with Crippen LogP contribution in [0.25, 0.3) is 0 Å². The van der Waals surface area contributed by atoms with Gasteiger partial charge in [-0.15, -0.1) is 0 Å². The Balaban J connectivity index is 1.74. The molecule has 2 saturated carbocycles. The van der Waals surface area contributed by atoms with Crippen LogP contribution in [0.2, 0.25) is 0 Å². The minimum atomic E-state index is -0.841. The van der Waals surface area contributed by atoms with Crippen molar-refractivity contribution in [2.24, 2.45) is 5.92 Å². The lowest BCUT2D eigenvalue weighted by Gasteiger charge is -2.19. The van der Waals surface area contributed by atoms with Crippen LogP contribution in [0.1, 0.15) is 25.7 Å². The molecule has 2 fully saturated rings. The Labute approximate surface area is 84.4 Å². The average molecular weight is 195 g/mol. The molecular weight excluding hydrogens is 178 g/mol. The highest BCUT2D eigenvalue weighted by Gasteiger charge is 2.32. The summed E-state index contributed by atoms with van der Waals surface area (Å²) in [5.74, 6) is 0.0565. The van der Waals surface area contributed by atoms with Gasteiger partial charge >= 0.3 is 5.97 Å². The molecule has 2 aliphatic rings. The number of carbonyl (C=O) groups is 1. The SMILES string of the molecule is O=C(O)C=CCN(CC1CC1)C1CC1. The maximum atomic E-state index is 10.3. The molecule has 0 aromatic heterocycles. The van der Waals surface area contributed by atoms with Gasteiger partial charge < -0.3 is 5.11 Å². The second kappa shape index (κ2) is 4.13. The van der Waals surface area contributed by atoms with Crippen LogP contribution in [0.5, 0.6) is 0 Å². The van der Waals surface area contributed by atoms with Gasteiger partial charge in [0.2, 0.25) is 0 Å². The molecule has 0 heterocycles. The number of carboxylic acids is 1. The quantitative estimate of drug-likeness (QED) is 0.653. The fraction of sp³-hybridized carbons (Fsp3) is 0.727. The van der Waals surface area contributed by atoms with E-state index >= 15 is 0 Å². The molecule has 2 aliphatic carbocycles. The fourth-order valence-electron chi connectivity index (χ4n) is 1.73. The van der Waals surface area contributed by atoms with Gasteiger partial charge in [0.25, 0.3) is 0 Å². The molecule has 1 N–H and O–H groups in total. The van der Waals surface area contributed by atoms with Crippen molar-refractivity contribution in [2.45, 2.75) is 31.7 Å². The van der Waals surface area contributed by atoms with Crippen molar-refractivity contribution in [1.29, 1.82) is 0 Å². The van der Waals surface area contributed by atoms with E-state index in [0.717, 1.165) is 18.5 Å². The third-order valence-electron chi connectivity index (χ3n) is 2.85. The van der Waals surface area contributed by atoms with E-state index in [4.69, 9.17) is 5.11 Å². The third-order valence-corrected chi connectivity index (χ3v) is 2.85. The van der Waals surface area contributed by atoms with E-state index < -0.39 is 5.97 Å². The van der Waals surface area contributed by atoms with Crippen LogP contribution in [0.4, 0.5) is 0 Å². The summed E-state index contributed by atoms with van der Waals surface area (Å²) in [6, 6.07) is 0.744. The molecule has 0 unspecified atom stereocenters. The summed E-state index contributed by atoms with van der Waals surface area (Å²) in [7, 11) is 0. The predicted octanol–water partition coefficient (Wildman–Crippen LogP) is 1.50. The summed E-state index contributed by atoms with van der Waals surface area (Å²) < 4.78 is 0. The Bertz CT molecular complexity index is 242. The fourth-order valence-corrected chi connectivity index (χ4v) is 1.73. The summed E-state index contributed by atoms with van der Waals surface area (Å²) in [5, 5.41) is 8.47. The minimum absolute atomic E-state index is 0.744. The Morgan fingerprint density at radius 2 is 2.07 bits per heavy atom. The highest BCUT2D eigenvalue weighted by molar-refractivity contribution is 5.79. The molecule has 0 aromatic rings. The van der Waals surface area contributed by atoms with Gasteiger partial charge in [-0.25, -0.2) is 4.79 Å². The average Bonchev–Trinajstić information content (AvgIpc) is 2.98. The van der Waals surface area contributed by atoms with Gasteiger partial charge in [-0.05, 0) is 31.6 Å². The normalized spacial score (nSPS) is 22.1. The van der Waals surface area contributed by atoms with E-state index in [-0.39, 0.29) is 0 Å². The van der Waals surface area contributed by atoms with Crippen molar-refractivity contribution in [2.75, 3.05) is 13.1 Å². The zero-order valence-electron chi connectivity index (χ0n) is 8.35. The van der Waals surface area contributed by atoms with E-state index in [2.05, 4.69) is 4.90 Å². The van der Waals surface area contributed by atoms with Crippen LogP contribution in [-0.4, -0.2) is 35.1 Å². The molecule has 14 heavy (non-hydrogen) atoms. The lowest BCUT2D eigenvalue weighted by Crippen LogP contribution is -2.28. The molecule has 0 amide bonds. The van der Waals surface area contributed by atoms with Crippen LogP contribution >= 0.6 is 0 Å². The highest BCUT2D eigenvalue weighted by Crippen LogP contribution is 2.34. The molecular formula is C11H17NO2. The zero-order valence-corrected chi connectivity index (χ0v) is 8.35. The van der Waals surface area contributed by atoms with Crippen LogP contribution < -0.4 is 0 Å². The van der Waals surface area contributed by atoms with Crippen LogP contribution in [0.15, 0.2) is 12.2 Å². The van der Waals surface area contributed by atoms with Crippen molar-refractivity contribution in [1.82, 2.24) is 4.90 Å². The summed E-state index contributed by atoms with van der Waals surface area (Å²) in [6.45, 7) is 1.99. The molecule has 0 bridgehead atoms. The van der Waals surface area contributed by atoms with E-state index in [1.807, 2.05) is 0 Å². The molecule has 0 aromatic carbocycles. The molecule has 78 valence electrons. The van der Waals surface area contributed by atoms with E-state index in [0.29, 0.717) is 0 Å². The first kappa shape index (κ1) is 9.71. The van der Waals surface area contributed by atoms with E-state index in [1.54, 1.807) is 6.08 Å². The van der Waals surface area contributed by atoms with Gasteiger partial charge in [0.1, 0.15) is 0 Å². The van der Waals surface area contributed by atoms with Crippen LogP contribution in [-0.2, 0) is 4.79 Å². The Morgan fingerprint density at radius 1 is 1.36 bits per heavy atom. The number of carboxylic acid groups (broad SMARTS) is 1. The molecule has 3 nitrogen and oxygen atoms in total. The van der Waals surface area contributed by atoms with E-state index in [1.165, 1.54) is 38.3 Å². The molecule has 3 heteroatoms. The maximum Gasteiger partial charge on any atom is 0.328 e. The standard InChI is InChI=1S/C11H17NO2/c13-11(14)2-1-7-12(10-5-6-10)8-9-3-4-9/h1-2,9-10H,3-8H2,(H,13,14). The predicted molar refractivity (Wildman–Crippen MR) is 54.1 cm³/mol. The first-order chi connectivity index (χ1) is 6.75. The van der Waals surface area contributed by atoms with Gasteiger partial charge in [-0.1, -0.05) is 6.08 Å². The Hall–Kier alpha value is -0.830. The minimum Gasteiger partial charge on any atom is -0.478 e. The Kier molecular flexibility index (Phi) is 2.87. The topological polar surface area (TPSA) is 40.5 Å². The molecule has 0 saturated heterocycles. The monoisotopic (exact) mass is 195 g/mol. The third kappa shape index (κ3) is 3.14. The second-order valence-corrected chi connectivity index (χ2v) is 4.37. The molecule has 0 spiro atoms. The van der Waals surface area contributed by atoms with Gasteiger partial charge in [0.15, 0.2) is 0 Å². The number of hydrogen-bond acceptors (Lipinski definition) is 2. The van der Waals surface area contributed by atoms with Crippen molar-refractivity contribution < 1.29 is 9.90 Å².